The molecule has 0 atom stereocenters. The summed E-state index contributed by atoms with van der Waals surface area (Å²) in [4.78, 5) is 0. The fourth-order valence-electron chi connectivity index (χ4n) is 0.776. The Labute approximate surface area is 70.3 Å². The SMILES string of the molecule is C/C(=C\Cl)c1ccc(F)cc1. The van der Waals surface area contributed by atoms with E-state index in [1.54, 1.807) is 12.1 Å². The Bertz CT molecular complexity index is 261. The number of hydrogen-bond donors (Lipinski definition) is 0. The molecule has 1 rings (SSSR count). The molecule has 0 aliphatic heterocycles. The summed E-state index contributed by atoms with van der Waals surface area (Å²) in [5.41, 5.74) is 3.36. The fourth-order valence-corrected chi connectivity index (χ4v) is 0.902. The first-order chi connectivity index (χ1) is 5.24. The van der Waals surface area contributed by atoms with Crippen molar-refractivity contribution in [1.29, 1.82) is 0 Å². The summed E-state index contributed by atoms with van der Waals surface area (Å²) in [6.45, 7) is 1.88. The quantitative estimate of drug-likeness (QED) is 0.606. The third-order valence-corrected chi connectivity index (χ3v) is 1.79. The minimum absolute atomic E-state index is 0.226. The minimum atomic E-state index is -0.226. The van der Waals surface area contributed by atoms with Gasteiger partial charge in [0.1, 0.15) is 5.82 Å². The Morgan fingerprint density at radius 3 is 2.36 bits per heavy atom. The first-order valence-electron chi connectivity index (χ1n) is 3.27. The van der Waals surface area contributed by atoms with E-state index in [4.69, 9.17) is 11.6 Å². The summed E-state index contributed by atoms with van der Waals surface area (Å²) in [6.07, 6.45) is 0. The smallest absolute Gasteiger partial charge is 0.123 e. The summed E-state index contributed by atoms with van der Waals surface area (Å²) in [5.74, 6) is -0.226. The van der Waals surface area contributed by atoms with E-state index in [-0.39, 0.29) is 5.82 Å². The third kappa shape index (κ3) is 2.05. The van der Waals surface area contributed by atoms with Crippen molar-refractivity contribution in [1.82, 2.24) is 0 Å². The second-order valence-electron chi connectivity index (χ2n) is 2.30. The molecule has 0 bridgehead atoms. The average Bonchev–Trinajstić information content (AvgIpc) is 2.05. The topological polar surface area (TPSA) is 0 Å². The molecule has 2 heteroatoms. The zero-order valence-electron chi connectivity index (χ0n) is 6.14. The molecule has 0 radical (unpaired) electrons. The number of rotatable bonds is 1. The molecule has 0 unspecified atom stereocenters. The van der Waals surface area contributed by atoms with Crippen LogP contribution in [0.3, 0.4) is 0 Å². The number of allylic oxidation sites excluding steroid dienone is 1. The van der Waals surface area contributed by atoms with Gasteiger partial charge in [-0.1, -0.05) is 23.7 Å². The normalized spacial score (nSPS) is 11.7. The summed E-state index contributed by atoms with van der Waals surface area (Å²) in [5, 5.41) is 0. The molecule has 0 heterocycles. The van der Waals surface area contributed by atoms with E-state index in [9.17, 15) is 4.39 Å². The molecule has 0 aliphatic carbocycles. The first kappa shape index (κ1) is 8.28. The molecule has 0 aliphatic rings. The third-order valence-electron chi connectivity index (χ3n) is 1.46. The number of benzene rings is 1. The lowest BCUT2D eigenvalue weighted by atomic mass is 10.1. The van der Waals surface area contributed by atoms with Crippen LogP contribution in [-0.2, 0) is 0 Å². The maximum absolute atomic E-state index is 12.4. The van der Waals surface area contributed by atoms with Gasteiger partial charge in [0.15, 0.2) is 0 Å². The molecule has 0 aromatic heterocycles. The zero-order valence-corrected chi connectivity index (χ0v) is 6.90. The van der Waals surface area contributed by atoms with Crippen LogP contribution >= 0.6 is 11.6 Å². The van der Waals surface area contributed by atoms with Gasteiger partial charge >= 0.3 is 0 Å². The van der Waals surface area contributed by atoms with Gasteiger partial charge < -0.3 is 0 Å². The monoisotopic (exact) mass is 170 g/mol. The molecular formula is C9H8ClF. The second-order valence-corrected chi connectivity index (χ2v) is 2.52. The molecule has 1 aromatic carbocycles. The molecule has 0 saturated heterocycles. The summed E-state index contributed by atoms with van der Waals surface area (Å²) in [7, 11) is 0. The molecule has 0 fully saturated rings. The Balaban J connectivity index is 2.99. The lowest BCUT2D eigenvalue weighted by molar-refractivity contribution is 0.627. The van der Waals surface area contributed by atoms with Gasteiger partial charge in [0.05, 0.1) is 0 Å². The molecule has 0 spiro atoms. The lowest BCUT2D eigenvalue weighted by Gasteiger charge is -1.97. The molecular weight excluding hydrogens is 163 g/mol. The van der Waals surface area contributed by atoms with Crippen LogP contribution in [0.5, 0.6) is 0 Å². The van der Waals surface area contributed by atoms with Crippen molar-refractivity contribution in [2.24, 2.45) is 0 Å². The van der Waals surface area contributed by atoms with Gasteiger partial charge in [0, 0.05) is 5.54 Å². The molecule has 0 amide bonds. The van der Waals surface area contributed by atoms with Crippen LogP contribution in [0.15, 0.2) is 29.8 Å². The van der Waals surface area contributed by atoms with Crippen molar-refractivity contribution in [3.8, 4) is 0 Å². The van der Waals surface area contributed by atoms with Gasteiger partial charge in [0.2, 0.25) is 0 Å². The lowest BCUT2D eigenvalue weighted by Crippen LogP contribution is -1.78. The Hall–Kier alpha value is -0.820. The maximum atomic E-state index is 12.4. The summed E-state index contributed by atoms with van der Waals surface area (Å²) >= 11 is 5.47. The standard InChI is InChI=1S/C9H8ClF/c1-7(6-10)8-2-4-9(11)5-3-8/h2-6H,1H3/b7-6+. The van der Waals surface area contributed by atoms with E-state index in [0.29, 0.717) is 0 Å². The highest BCUT2D eigenvalue weighted by atomic mass is 35.5. The van der Waals surface area contributed by atoms with Crippen molar-refractivity contribution in [2.45, 2.75) is 6.92 Å². The van der Waals surface area contributed by atoms with Gasteiger partial charge in [-0.3, -0.25) is 0 Å². The Morgan fingerprint density at radius 2 is 1.91 bits per heavy atom. The van der Waals surface area contributed by atoms with Crippen LogP contribution < -0.4 is 0 Å². The highest BCUT2D eigenvalue weighted by Gasteiger charge is 1.93. The highest BCUT2D eigenvalue weighted by Crippen LogP contribution is 2.14. The van der Waals surface area contributed by atoms with Crippen LogP contribution in [0.1, 0.15) is 12.5 Å². The molecule has 0 nitrogen and oxygen atoms in total. The summed E-state index contributed by atoms with van der Waals surface area (Å²) in [6, 6.07) is 6.23. The highest BCUT2D eigenvalue weighted by molar-refractivity contribution is 6.28. The van der Waals surface area contributed by atoms with Crippen LogP contribution in [0, 0.1) is 5.82 Å². The van der Waals surface area contributed by atoms with Gasteiger partial charge in [-0.2, -0.15) is 0 Å². The van der Waals surface area contributed by atoms with E-state index in [1.165, 1.54) is 17.7 Å². The molecule has 0 saturated carbocycles. The van der Waals surface area contributed by atoms with Crippen molar-refractivity contribution < 1.29 is 4.39 Å². The maximum Gasteiger partial charge on any atom is 0.123 e. The van der Waals surface area contributed by atoms with Crippen LogP contribution in [0.2, 0.25) is 0 Å². The number of halogens is 2. The number of hydrogen-bond acceptors (Lipinski definition) is 0. The molecule has 0 N–H and O–H groups in total. The molecule has 1 aromatic rings. The van der Waals surface area contributed by atoms with Crippen molar-refractivity contribution in [3.05, 3.63) is 41.2 Å². The van der Waals surface area contributed by atoms with E-state index in [1.807, 2.05) is 6.92 Å². The van der Waals surface area contributed by atoms with Gasteiger partial charge in [-0.05, 0) is 30.2 Å². The Kier molecular flexibility index (Phi) is 2.66. The van der Waals surface area contributed by atoms with Crippen LogP contribution in [0.25, 0.3) is 5.57 Å². The summed E-state index contributed by atoms with van der Waals surface area (Å²) < 4.78 is 12.4. The van der Waals surface area contributed by atoms with E-state index < -0.39 is 0 Å². The van der Waals surface area contributed by atoms with Crippen LogP contribution in [-0.4, -0.2) is 0 Å². The minimum Gasteiger partial charge on any atom is -0.207 e. The fraction of sp³-hybridized carbons (Fsp3) is 0.111. The van der Waals surface area contributed by atoms with Crippen LogP contribution in [0.4, 0.5) is 4.39 Å². The predicted octanol–water partition coefficient (Wildman–Crippen LogP) is 3.43. The largest absolute Gasteiger partial charge is 0.207 e. The second kappa shape index (κ2) is 3.54. The van der Waals surface area contributed by atoms with E-state index >= 15 is 0 Å². The van der Waals surface area contributed by atoms with Gasteiger partial charge in [0.25, 0.3) is 0 Å². The zero-order chi connectivity index (χ0) is 8.27. The van der Waals surface area contributed by atoms with Crippen molar-refractivity contribution in [3.63, 3.8) is 0 Å². The molecule has 58 valence electrons. The van der Waals surface area contributed by atoms with E-state index in [2.05, 4.69) is 0 Å². The van der Waals surface area contributed by atoms with Gasteiger partial charge in [-0.25, -0.2) is 4.39 Å². The van der Waals surface area contributed by atoms with Gasteiger partial charge in [-0.15, -0.1) is 0 Å². The Morgan fingerprint density at radius 1 is 1.36 bits per heavy atom. The predicted molar refractivity (Wildman–Crippen MR) is 45.9 cm³/mol. The first-order valence-corrected chi connectivity index (χ1v) is 3.70. The van der Waals surface area contributed by atoms with E-state index in [0.717, 1.165) is 11.1 Å². The molecule has 11 heavy (non-hydrogen) atoms. The van der Waals surface area contributed by atoms with Crippen molar-refractivity contribution >= 4 is 17.2 Å². The van der Waals surface area contributed by atoms with Crippen molar-refractivity contribution in [2.75, 3.05) is 0 Å². The average molecular weight is 171 g/mol.